The van der Waals surface area contributed by atoms with Gasteiger partial charge in [0.1, 0.15) is 0 Å². The second kappa shape index (κ2) is 3.67. The Morgan fingerprint density at radius 1 is 1.57 bits per heavy atom. The van der Waals surface area contributed by atoms with Crippen molar-refractivity contribution >= 4 is 12.2 Å². The van der Waals surface area contributed by atoms with Gasteiger partial charge in [0.15, 0.2) is 0 Å². The van der Waals surface area contributed by atoms with Crippen molar-refractivity contribution < 1.29 is 0 Å². The second-order valence-corrected chi connectivity index (χ2v) is 3.36. The van der Waals surface area contributed by atoms with E-state index in [1.807, 2.05) is 19.1 Å². The number of nitrogens with one attached hydrogen (secondary N) is 1. The minimum absolute atomic E-state index is 0.438. The summed E-state index contributed by atoms with van der Waals surface area (Å²) in [5.41, 5.74) is 2.11. The van der Waals surface area contributed by atoms with Crippen LogP contribution in [0.15, 0.2) is 18.3 Å². The molecule has 0 spiro atoms. The molecule has 0 atom stereocenters. The number of aromatic amines is 1. The molecule has 14 heavy (non-hydrogen) atoms. The molecule has 0 saturated carbocycles. The van der Waals surface area contributed by atoms with Crippen LogP contribution in [-0.2, 0) is 6.54 Å². The minimum atomic E-state index is 0.438. The van der Waals surface area contributed by atoms with Crippen molar-refractivity contribution in [1.29, 1.82) is 0 Å². The number of tetrazole rings is 1. The lowest BCUT2D eigenvalue weighted by molar-refractivity contribution is 0.631. The van der Waals surface area contributed by atoms with Crippen molar-refractivity contribution in [3.05, 3.63) is 34.4 Å². The summed E-state index contributed by atoms with van der Waals surface area (Å²) < 4.78 is 2.10. The van der Waals surface area contributed by atoms with E-state index in [-0.39, 0.29) is 0 Å². The molecule has 0 bridgehead atoms. The van der Waals surface area contributed by atoms with Crippen LogP contribution in [0.3, 0.4) is 0 Å². The lowest BCUT2D eigenvalue weighted by atomic mass is 10.2. The molecule has 0 aliphatic heterocycles. The minimum Gasteiger partial charge on any atom is -0.259 e. The van der Waals surface area contributed by atoms with E-state index in [9.17, 15) is 0 Å². The van der Waals surface area contributed by atoms with Gasteiger partial charge in [0.25, 0.3) is 0 Å². The highest BCUT2D eigenvalue weighted by Gasteiger charge is 1.98. The highest BCUT2D eigenvalue weighted by atomic mass is 32.1. The first-order chi connectivity index (χ1) is 6.75. The Balaban J connectivity index is 2.27. The Labute approximate surface area is 85.8 Å². The van der Waals surface area contributed by atoms with Gasteiger partial charge in [0, 0.05) is 6.20 Å². The molecule has 0 aliphatic carbocycles. The van der Waals surface area contributed by atoms with Gasteiger partial charge >= 0.3 is 0 Å². The van der Waals surface area contributed by atoms with Gasteiger partial charge in [-0.2, -0.15) is 5.21 Å². The highest BCUT2D eigenvalue weighted by molar-refractivity contribution is 7.71. The average Bonchev–Trinajstić information content (AvgIpc) is 2.52. The monoisotopic (exact) mass is 207 g/mol. The van der Waals surface area contributed by atoms with Gasteiger partial charge in [-0.3, -0.25) is 4.98 Å². The van der Waals surface area contributed by atoms with Crippen LogP contribution in [0.1, 0.15) is 11.3 Å². The van der Waals surface area contributed by atoms with Gasteiger partial charge in [0.05, 0.1) is 12.2 Å². The Kier molecular flexibility index (Phi) is 2.36. The summed E-state index contributed by atoms with van der Waals surface area (Å²) in [6, 6.07) is 3.95. The molecule has 5 nitrogen and oxygen atoms in total. The van der Waals surface area contributed by atoms with E-state index in [0.29, 0.717) is 11.3 Å². The van der Waals surface area contributed by atoms with E-state index in [2.05, 4.69) is 20.5 Å². The fourth-order valence-corrected chi connectivity index (χ4v) is 1.31. The third kappa shape index (κ3) is 1.85. The van der Waals surface area contributed by atoms with E-state index in [1.54, 1.807) is 10.9 Å². The first-order valence-electron chi connectivity index (χ1n) is 4.15. The highest BCUT2D eigenvalue weighted by Crippen LogP contribution is 2.01. The number of pyridine rings is 1. The Morgan fingerprint density at radius 3 is 3.07 bits per heavy atom. The lowest BCUT2D eigenvalue weighted by Crippen LogP contribution is -2.04. The lowest BCUT2D eigenvalue weighted by Gasteiger charge is -2.00. The summed E-state index contributed by atoms with van der Waals surface area (Å²) in [5.74, 6) is 0. The van der Waals surface area contributed by atoms with Gasteiger partial charge < -0.3 is 0 Å². The zero-order valence-electron chi connectivity index (χ0n) is 7.64. The summed E-state index contributed by atoms with van der Waals surface area (Å²) in [5, 5.41) is 9.96. The fraction of sp³-hybridized carbons (Fsp3) is 0.250. The molecule has 2 rings (SSSR count). The molecule has 72 valence electrons. The van der Waals surface area contributed by atoms with Crippen molar-refractivity contribution in [2.75, 3.05) is 0 Å². The van der Waals surface area contributed by atoms with Crippen LogP contribution in [0.5, 0.6) is 0 Å². The summed E-state index contributed by atoms with van der Waals surface area (Å²) in [6.45, 7) is 2.60. The van der Waals surface area contributed by atoms with E-state index in [4.69, 9.17) is 12.2 Å². The van der Waals surface area contributed by atoms with Crippen LogP contribution in [0.25, 0.3) is 0 Å². The van der Waals surface area contributed by atoms with Gasteiger partial charge in [-0.1, -0.05) is 10.3 Å². The third-order valence-electron chi connectivity index (χ3n) is 1.82. The van der Waals surface area contributed by atoms with Crippen molar-refractivity contribution in [3.63, 3.8) is 0 Å². The zero-order valence-corrected chi connectivity index (χ0v) is 8.45. The smallest absolute Gasteiger partial charge is 0.238 e. The molecule has 0 unspecified atom stereocenters. The van der Waals surface area contributed by atoms with Crippen molar-refractivity contribution in [3.8, 4) is 0 Å². The number of hydrogen-bond acceptors (Lipinski definition) is 4. The zero-order chi connectivity index (χ0) is 9.97. The van der Waals surface area contributed by atoms with E-state index in [1.165, 1.54) is 5.56 Å². The maximum Gasteiger partial charge on any atom is 0.238 e. The molecule has 2 aromatic rings. The number of aromatic nitrogens is 5. The Hall–Kier alpha value is -1.56. The van der Waals surface area contributed by atoms with Gasteiger partial charge in [0.2, 0.25) is 4.77 Å². The van der Waals surface area contributed by atoms with Crippen LogP contribution < -0.4 is 0 Å². The third-order valence-corrected chi connectivity index (χ3v) is 2.13. The molecule has 0 aromatic carbocycles. The van der Waals surface area contributed by atoms with Crippen LogP contribution in [0.2, 0.25) is 0 Å². The Bertz CT molecular complexity index is 486. The summed E-state index contributed by atoms with van der Waals surface area (Å²) >= 11 is 4.95. The Morgan fingerprint density at radius 2 is 2.43 bits per heavy atom. The van der Waals surface area contributed by atoms with E-state index < -0.39 is 0 Å². The molecule has 0 radical (unpaired) electrons. The van der Waals surface area contributed by atoms with Crippen molar-refractivity contribution in [2.45, 2.75) is 13.5 Å². The second-order valence-electron chi connectivity index (χ2n) is 2.99. The number of nitrogens with zero attached hydrogens (tertiary/aromatic N) is 4. The van der Waals surface area contributed by atoms with Gasteiger partial charge in [-0.25, -0.2) is 4.68 Å². The van der Waals surface area contributed by atoms with E-state index in [0.717, 1.165) is 5.69 Å². The van der Waals surface area contributed by atoms with Crippen molar-refractivity contribution in [2.24, 2.45) is 0 Å². The molecule has 0 amide bonds. The first kappa shape index (κ1) is 9.01. The molecule has 0 saturated heterocycles. The predicted molar refractivity (Wildman–Crippen MR) is 53.3 cm³/mol. The van der Waals surface area contributed by atoms with Gasteiger partial charge in [-0.05, 0) is 36.8 Å². The standard InChI is InChI=1S/C8H9N5S/c1-6-2-3-9-7(4-6)5-13-8(14)10-11-12-13/h2-4H,5H2,1H3,(H,10,12,14). The fourth-order valence-electron chi connectivity index (χ4n) is 1.17. The molecule has 1 N–H and O–H groups in total. The van der Waals surface area contributed by atoms with Crippen LogP contribution in [-0.4, -0.2) is 25.2 Å². The number of aryl methyl sites for hydroxylation is 1. The molecule has 0 fully saturated rings. The quantitative estimate of drug-likeness (QED) is 0.749. The first-order valence-corrected chi connectivity index (χ1v) is 4.56. The molecule has 2 aromatic heterocycles. The van der Waals surface area contributed by atoms with Crippen LogP contribution in [0.4, 0.5) is 0 Å². The normalized spacial score (nSPS) is 10.4. The molecule has 2 heterocycles. The van der Waals surface area contributed by atoms with Gasteiger partial charge in [-0.15, -0.1) is 0 Å². The number of H-pyrrole nitrogens is 1. The molecular formula is C8H9N5S. The average molecular weight is 207 g/mol. The van der Waals surface area contributed by atoms with E-state index >= 15 is 0 Å². The number of hydrogen-bond donors (Lipinski definition) is 1. The maximum absolute atomic E-state index is 4.95. The number of rotatable bonds is 2. The van der Waals surface area contributed by atoms with Crippen molar-refractivity contribution in [1.82, 2.24) is 25.2 Å². The van der Waals surface area contributed by atoms with Crippen LogP contribution >= 0.6 is 12.2 Å². The molecular weight excluding hydrogens is 198 g/mol. The summed E-state index contributed by atoms with van der Waals surface area (Å²) in [4.78, 5) is 4.21. The summed E-state index contributed by atoms with van der Waals surface area (Å²) in [6.07, 6.45) is 1.78. The summed E-state index contributed by atoms with van der Waals surface area (Å²) in [7, 11) is 0. The SMILES string of the molecule is Cc1ccnc(Cn2[nH]nnc2=S)c1. The largest absolute Gasteiger partial charge is 0.259 e. The predicted octanol–water partition coefficient (Wildman–Crippen LogP) is 1.09. The molecule has 0 aliphatic rings. The molecule has 6 heteroatoms. The topological polar surface area (TPSA) is 59.4 Å². The maximum atomic E-state index is 4.95. The van der Waals surface area contributed by atoms with Crippen LogP contribution in [0, 0.1) is 11.7 Å².